The molecule has 0 aliphatic carbocycles. The number of nitrogens with zero attached hydrogens (tertiary/aromatic N) is 2. The van der Waals surface area contributed by atoms with Crippen molar-refractivity contribution in [3.05, 3.63) is 69.3 Å². The van der Waals surface area contributed by atoms with Crippen molar-refractivity contribution >= 4 is 23.2 Å². The number of para-hydroxylation sites is 1. The highest BCUT2D eigenvalue weighted by Crippen LogP contribution is 2.34. The third-order valence-electron chi connectivity index (χ3n) is 3.97. The highest BCUT2D eigenvalue weighted by atomic mass is 19.4. The van der Waals surface area contributed by atoms with Gasteiger partial charge in [-0.2, -0.15) is 13.2 Å². The molecule has 2 aromatic carbocycles. The van der Waals surface area contributed by atoms with Gasteiger partial charge < -0.3 is 10.2 Å². The molecule has 0 aliphatic heterocycles. The van der Waals surface area contributed by atoms with E-state index in [-0.39, 0.29) is 16.8 Å². The molecule has 0 saturated carbocycles. The maximum Gasteiger partial charge on any atom is 0.418 e. The average molecular weight is 395 g/mol. The molecule has 0 spiro atoms. The Morgan fingerprint density at radius 3 is 2.39 bits per heavy atom. The average Bonchev–Trinajstić information content (AvgIpc) is 2.60. The normalized spacial score (nSPS) is 11.0. The van der Waals surface area contributed by atoms with E-state index in [4.69, 9.17) is 0 Å². The lowest BCUT2D eigenvalue weighted by Crippen LogP contribution is -2.35. The van der Waals surface area contributed by atoms with Crippen LogP contribution in [0.25, 0.3) is 0 Å². The van der Waals surface area contributed by atoms with Gasteiger partial charge in [0.2, 0.25) is 5.91 Å². The van der Waals surface area contributed by atoms with Crippen molar-refractivity contribution in [3.8, 4) is 0 Å². The first-order valence-corrected chi connectivity index (χ1v) is 7.98. The Balaban J connectivity index is 2.15. The summed E-state index contributed by atoms with van der Waals surface area (Å²) in [5, 5.41) is 13.1. The molecule has 1 N–H and O–H groups in total. The summed E-state index contributed by atoms with van der Waals surface area (Å²) in [7, 11) is 1.27. The van der Waals surface area contributed by atoms with Crippen LogP contribution >= 0.6 is 0 Å². The Bertz CT molecular complexity index is 929. The highest BCUT2D eigenvalue weighted by molar-refractivity contribution is 6.00. The van der Waals surface area contributed by atoms with Crippen LogP contribution in [-0.2, 0) is 11.0 Å². The molecule has 7 nitrogen and oxygen atoms in total. The van der Waals surface area contributed by atoms with Crippen LogP contribution in [0.2, 0.25) is 0 Å². The molecule has 2 amide bonds. The molecule has 2 aromatic rings. The number of halogens is 3. The van der Waals surface area contributed by atoms with E-state index >= 15 is 0 Å². The number of nitro benzene ring substituents is 1. The molecule has 0 fully saturated rings. The van der Waals surface area contributed by atoms with E-state index in [2.05, 4.69) is 5.32 Å². The van der Waals surface area contributed by atoms with Crippen molar-refractivity contribution in [2.24, 2.45) is 0 Å². The number of carbonyl (C=O) groups excluding carboxylic acids is 2. The van der Waals surface area contributed by atoms with Gasteiger partial charge in [-0.1, -0.05) is 18.2 Å². The molecule has 2 rings (SSSR count). The fraction of sp³-hybridized carbons (Fsp3) is 0.222. The fourth-order valence-electron chi connectivity index (χ4n) is 2.57. The second-order valence-electron chi connectivity index (χ2n) is 5.96. The van der Waals surface area contributed by atoms with E-state index in [1.165, 1.54) is 44.3 Å². The van der Waals surface area contributed by atoms with Crippen LogP contribution in [-0.4, -0.2) is 35.2 Å². The largest absolute Gasteiger partial charge is 0.418 e. The number of amides is 2. The molecule has 0 bridgehead atoms. The Labute approximate surface area is 157 Å². The van der Waals surface area contributed by atoms with Crippen molar-refractivity contribution < 1.29 is 27.7 Å². The first-order chi connectivity index (χ1) is 13.0. The van der Waals surface area contributed by atoms with Gasteiger partial charge in [0, 0.05) is 24.2 Å². The van der Waals surface area contributed by atoms with Crippen LogP contribution in [0.4, 0.5) is 24.5 Å². The predicted molar refractivity (Wildman–Crippen MR) is 94.9 cm³/mol. The standard InChI is InChI=1S/C18H16F3N3O4/c1-11-12(6-5-9-15(11)24(27)28)17(26)23(2)10-16(25)22-14-8-4-3-7-13(14)18(19,20)21/h3-9H,10H2,1-2H3,(H,22,25). The summed E-state index contributed by atoms with van der Waals surface area (Å²) < 4.78 is 39.0. The number of likely N-dealkylation sites (N-methyl/N-ethyl adjacent to an activating group) is 1. The molecular formula is C18H16F3N3O4. The van der Waals surface area contributed by atoms with Gasteiger partial charge >= 0.3 is 6.18 Å². The van der Waals surface area contributed by atoms with E-state index in [0.717, 1.165) is 17.0 Å². The predicted octanol–water partition coefficient (Wildman–Crippen LogP) is 3.63. The molecule has 0 atom stereocenters. The van der Waals surface area contributed by atoms with Crippen molar-refractivity contribution in [2.75, 3.05) is 18.9 Å². The summed E-state index contributed by atoms with van der Waals surface area (Å²) in [5.74, 6) is -1.50. The summed E-state index contributed by atoms with van der Waals surface area (Å²) in [6, 6.07) is 8.42. The lowest BCUT2D eigenvalue weighted by Gasteiger charge is -2.19. The molecule has 0 aliphatic rings. The number of carbonyl (C=O) groups is 2. The van der Waals surface area contributed by atoms with Crippen molar-refractivity contribution in [1.29, 1.82) is 0 Å². The quantitative estimate of drug-likeness (QED) is 0.618. The maximum atomic E-state index is 13.0. The number of alkyl halides is 3. The molecule has 0 aromatic heterocycles. The Morgan fingerprint density at radius 2 is 1.79 bits per heavy atom. The minimum absolute atomic E-state index is 0.0280. The van der Waals surface area contributed by atoms with Crippen LogP contribution in [0, 0.1) is 17.0 Å². The minimum Gasteiger partial charge on any atom is -0.332 e. The van der Waals surface area contributed by atoms with Gasteiger partial charge in [-0.15, -0.1) is 0 Å². The first-order valence-electron chi connectivity index (χ1n) is 7.98. The molecular weight excluding hydrogens is 379 g/mol. The Morgan fingerprint density at radius 1 is 1.14 bits per heavy atom. The Hall–Kier alpha value is -3.43. The number of nitro groups is 1. The van der Waals surface area contributed by atoms with E-state index in [1.54, 1.807) is 0 Å². The van der Waals surface area contributed by atoms with E-state index in [1.807, 2.05) is 0 Å². The molecule has 0 saturated heterocycles. The summed E-state index contributed by atoms with van der Waals surface area (Å²) in [4.78, 5) is 35.9. The van der Waals surface area contributed by atoms with Crippen LogP contribution in [0.5, 0.6) is 0 Å². The second-order valence-corrected chi connectivity index (χ2v) is 5.96. The summed E-state index contributed by atoms with van der Waals surface area (Å²) >= 11 is 0. The Kier molecular flexibility index (Phi) is 6.02. The third kappa shape index (κ3) is 4.64. The first kappa shape index (κ1) is 20.9. The van der Waals surface area contributed by atoms with Gasteiger partial charge in [-0.3, -0.25) is 19.7 Å². The molecule has 0 heterocycles. The monoisotopic (exact) mass is 395 g/mol. The molecule has 28 heavy (non-hydrogen) atoms. The molecule has 0 radical (unpaired) electrons. The SMILES string of the molecule is Cc1c(C(=O)N(C)CC(=O)Nc2ccccc2C(F)(F)F)cccc1[N+](=O)[O-]. The number of benzene rings is 2. The smallest absolute Gasteiger partial charge is 0.332 e. The number of rotatable bonds is 5. The van der Waals surface area contributed by atoms with E-state index < -0.39 is 40.7 Å². The second kappa shape index (κ2) is 8.07. The van der Waals surface area contributed by atoms with E-state index in [9.17, 15) is 32.9 Å². The van der Waals surface area contributed by atoms with Crippen molar-refractivity contribution in [1.82, 2.24) is 4.90 Å². The summed E-state index contributed by atoms with van der Waals surface area (Å²) in [6.45, 7) is 0.867. The van der Waals surface area contributed by atoms with Crippen molar-refractivity contribution in [3.63, 3.8) is 0 Å². The zero-order valence-corrected chi connectivity index (χ0v) is 14.9. The molecule has 10 heteroatoms. The topological polar surface area (TPSA) is 92.6 Å². The van der Waals surface area contributed by atoms with Gasteiger partial charge in [-0.25, -0.2) is 0 Å². The lowest BCUT2D eigenvalue weighted by atomic mass is 10.1. The number of hydrogen-bond acceptors (Lipinski definition) is 4. The van der Waals surface area contributed by atoms with Crippen LogP contribution in [0.15, 0.2) is 42.5 Å². The number of nitrogens with one attached hydrogen (secondary N) is 1. The van der Waals surface area contributed by atoms with Crippen molar-refractivity contribution in [2.45, 2.75) is 13.1 Å². The maximum absolute atomic E-state index is 13.0. The van der Waals surface area contributed by atoms with Gasteiger partial charge in [0.05, 0.1) is 22.7 Å². The molecule has 148 valence electrons. The summed E-state index contributed by atoms with van der Waals surface area (Å²) in [6.07, 6.45) is -4.65. The van der Waals surface area contributed by atoms with E-state index in [0.29, 0.717) is 0 Å². The number of hydrogen-bond donors (Lipinski definition) is 1. The zero-order chi connectivity index (χ0) is 21.1. The fourth-order valence-corrected chi connectivity index (χ4v) is 2.57. The van der Waals surface area contributed by atoms with Crippen LogP contribution in [0.1, 0.15) is 21.5 Å². The van der Waals surface area contributed by atoms with Gasteiger partial charge in [-0.05, 0) is 25.1 Å². The minimum atomic E-state index is -4.65. The highest BCUT2D eigenvalue weighted by Gasteiger charge is 2.33. The van der Waals surface area contributed by atoms with Crippen LogP contribution in [0.3, 0.4) is 0 Å². The van der Waals surface area contributed by atoms with Gasteiger partial charge in [0.25, 0.3) is 11.6 Å². The third-order valence-corrected chi connectivity index (χ3v) is 3.97. The summed E-state index contributed by atoms with van der Waals surface area (Å²) in [5.41, 5.74) is -1.52. The van der Waals surface area contributed by atoms with Gasteiger partial charge in [0.1, 0.15) is 0 Å². The van der Waals surface area contributed by atoms with Crippen LogP contribution < -0.4 is 5.32 Å². The number of anilines is 1. The zero-order valence-electron chi connectivity index (χ0n) is 14.9. The lowest BCUT2D eigenvalue weighted by molar-refractivity contribution is -0.385. The van der Waals surface area contributed by atoms with Gasteiger partial charge in [0.15, 0.2) is 0 Å². The molecule has 0 unspecified atom stereocenters.